The molecule has 1 unspecified atom stereocenters. The first-order valence-corrected chi connectivity index (χ1v) is 5.74. The normalized spacial score (nSPS) is 16.7. The van der Waals surface area contributed by atoms with Crippen molar-refractivity contribution in [1.82, 2.24) is 30.4 Å². The van der Waals surface area contributed by atoms with Crippen molar-refractivity contribution < 1.29 is 9.90 Å². The van der Waals surface area contributed by atoms with Gasteiger partial charge in [-0.25, -0.2) is 4.68 Å². The molecule has 0 amide bonds. The van der Waals surface area contributed by atoms with Gasteiger partial charge in [-0.15, -0.1) is 5.10 Å². The number of nitrogens with zero attached hydrogens (tertiary/aromatic N) is 5. The third-order valence-corrected chi connectivity index (χ3v) is 3.11. The lowest BCUT2D eigenvalue weighted by molar-refractivity contribution is -0.138. The number of H-pyrrole nitrogens is 1. The van der Waals surface area contributed by atoms with Gasteiger partial charge in [-0.2, -0.15) is 5.10 Å². The molecule has 0 aliphatic heterocycles. The van der Waals surface area contributed by atoms with Gasteiger partial charge in [0.2, 0.25) is 0 Å². The van der Waals surface area contributed by atoms with Crippen molar-refractivity contribution in [3.8, 4) is 11.4 Å². The molecule has 18 heavy (non-hydrogen) atoms. The first-order valence-electron chi connectivity index (χ1n) is 5.74. The van der Waals surface area contributed by atoms with E-state index in [-0.39, 0.29) is 12.5 Å². The Bertz CT molecular complexity index is 544. The largest absolute Gasteiger partial charge is 0.481 e. The topological polar surface area (TPSA) is 110 Å². The predicted octanol–water partition coefficient (Wildman–Crippen LogP) is 0.489. The molecular weight excluding hydrogens is 236 g/mol. The Kier molecular flexibility index (Phi) is 2.54. The summed E-state index contributed by atoms with van der Waals surface area (Å²) in [7, 11) is 0. The number of carboxylic acids is 1. The van der Waals surface area contributed by atoms with Crippen LogP contribution >= 0.6 is 0 Å². The van der Waals surface area contributed by atoms with Gasteiger partial charge in [0.05, 0.1) is 24.2 Å². The van der Waals surface area contributed by atoms with Gasteiger partial charge in [0.25, 0.3) is 0 Å². The SMILES string of the molecule is O=C(O)CC(C1CC1)n1nnnc1-c1cn[nH]c1. The van der Waals surface area contributed by atoms with Gasteiger partial charge in [0.1, 0.15) is 0 Å². The Hall–Kier alpha value is -2.25. The van der Waals surface area contributed by atoms with E-state index in [0.717, 1.165) is 18.4 Å². The number of aromatic amines is 1. The Morgan fingerprint density at radius 1 is 1.61 bits per heavy atom. The minimum atomic E-state index is -0.833. The summed E-state index contributed by atoms with van der Waals surface area (Å²) in [6.45, 7) is 0. The average molecular weight is 248 g/mol. The number of carboxylic acid groups (broad SMARTS) is 1. The number of aliphatic carboxylic acids is 1. The second-order valence-electron chi connectivity index (χ2n) is 4.44. The van der Waals surface area contributed by atoms with E-state index < -0.39 is 5.97 Å². The second kappa shape index (κ2) is 4.21. The van der Waals surface area contributed by atoms with Crippen LogP contribution in [0.3, 0.4) is 0 Å². The molecule has 2 aromatic rings. The monoisotopic (exact) mass is 248 g/mol. The highest BCUT2D eigenvalue weighted by Crippen LogP contribution is 2.42. The van der Waals surface area contributed by atoms with Crippen LogP contribution in [0.4, 0.5) is 0 Å². The summed E-state index contributed by atoms with van der Waals surface area (Å²) < 4.78 is 1.61. The molecule has 1 aliphatic carbocycles. The van der Waals surface area contributed by atoms with E-state index in [1.165, 1.54) is 0 Å². The van der Waals surface area contributed by atoms with E-state index in [9.17, 15) is 4.79 Å². The predicted molar refractivity (Wildman–Crippen MR) is 59.4 cm³/mol. The van der Waals surface area contributed by atoms with E-state index in [1.807, 2.05) is 0 Å². The number of tetrazole rings is 1. The molecule has 94 valence electrons. The van der Waals surface area contributed by atoms with Crippen molar-refractivity contribution in [2.45, 2.75) is 25.3 Å². The maximum Gasteiger partial charge on any atom is 0.305 e. The van der Waals surface area contributed by atoms with Gasteiger partial charge < -0.3 is 5.11 Å². The van der Waals surface area contributed by atoms with Gasteiger partial charge in [0.15, 0.2) is 5.82 Å². The molecule has 2 aromatic heterocycles. The molecule has 0 aromatic carbocycles. The summed E-state index contributed by atoms with van der Waals surface area (Å²) >= 11 is 0. The highest BCUT2D eigenvalue weighted by molar-refractivity contribution is 5.67. The number of aromatic nitrogens is 6. The molecular formula is C10H12N6O2. The van der Waals surface area contributed by atoms with Crippen molar-refractivity contribution in [1.29, 1.82) is 0 Å². The molecule has 8 heteroatoms. The lowest BCUT2D eigenvalue weighted by Gasteiger charge is -2.14. The number of rotatable bonds is 5. The van der Waals surface area contributed by atoms with Gasteiger partial charge in [-0.1, -0.05) is 0 Å². The molecule has 0 radical (unpaired) electrons. The summed E-state index contributed by atoms with van der Waals surface area (Å²) in [5.41, 5.74) is 0.760. The van der Waals surface area contributed by atoms with Crippen molar-refractivity contribution in [3.63, 3.8) is 0 Å². The average Bonchev–Trinajstić information content (AvgIpc) is 2.86. The van der Waals surface area contributed by atoms with Crippen LogP contribution in [0.2, 0.25) is 0 Å². The summed E-state index contributed by atoms with van der Waals surface area (Å²) in [6.07, 6.45) is 5.41. The first kappa shape index (κ1) is 10.9. The molecule has 3 rings (SSSR count). The van der Waals surface area contributed by atoms with E-state index in [1.54, 1.807) is 17.1 Å². The second-order valence-corrected chi connectivity index (χ2v) is 4.44. The summed E-state index contributed by atoms with van der Waals surface area (Å²) in [6, 6.07) is -0.178. The Morgan fingerprint density at radius 3 is 3.06 bits per heavy atom. The minimum Gasteiger partial charge on any atom is -0.481 e. The van der Waals surface area contributed by atoms with E-state index >= 15 is 0 Å². The van der Waals surface area contributed by atoms with Crippen LogP contribution in [0.25, 0.3) is 11.4 Å². The van der Waals surface area contributed by atoms with Crippen LogP contribution in [0.15, 0.2) is 12.4 Å². The van der Waals surface area contributed by atoms with Gasteiger partial charge in [0, 0.05) is 6.20 Å². The molecule has 0 saturated heterocycles. The standard InChI is InChI=1S/C10H12N6O2/c17-9(18)3-8(6-1-2-6)16-10(13-14-15-16)7-4-11-12-5-7/h4-6,8H,1-3H2,(H,11,12)(H,17,18). The molecule has 0 spiro atoms. The third kappa shape index (κ3) is 1.96. The highest BCUT2D eigenvalue weighted by Gasteiger charge is 2.36. The van der Waals surface area contributed by atoms with Gasteiger partial charge in [-0.05, 0) is 29.2 Å². The highest BCUT2D eigenvalue weighted by atomic mass is 16.4. The Labute approximate surface area is 102 Å². The number of hydrogen-bond acceptors (Lipinski definition) is 5. The van der Waals surface area contributed by atoms with Crippen LogP contribution in [-0.2, 0) is 4.79 Å². The summed E-state index contributed by atoms with van der Waals surface area (Å²) in [5.74, 6) is 0.0812. The van der Waals surface area contributed by atoms with E-state index in [4.69, 9.17) is 5.11 Å². The molecule has 1 atom stereocenters. The quantitative estimate of drug-likeness (QED) is 0.796. The third-order valence-electron chi connectivity index (χ3n) is 3.11. The van der Waals surface area contributed by atoms with Crippen molar-refractivity contribution in [2.75, 3.05) is 0 Å². The van der Waals surface area contributed by atoms with Crippen LogP contribution < -0.4 is 0 Å². The van der Waals surface area contributed by atoms with Crippen LogP contribution in [-0.4, -0.2) is 41.5 Å². The number of hydrogen-bond donors (Lipinski definition) is 2. The fourth-order valence-electron chi connectivity index (χ4n) is 2.09. The van der Waals surface area contributed by atoms with Crippen LogP contribution in [0.1, 0.15) is 25.3 Å². The van der Waals surface area contributed by atoms with Crippen LogP contribution in [0, 0.1) is 5.92 Å². The minimum absolute atomic E-state index is 0.0422. The van der Waals surface area contributed by atoms with Crippen molar-refractivity contribution >= 4 is 5.97 Å². The summed E-state index contributed by atoms with van der Waals surface area (Å²) in [5, 5.41) is 27.1. The molecule has 0 bridgehead atoms. The lowest BCUT2D eigenvalue weighted by atomic mass is 10.1. The Morgan fingerprint density at radius 2 is 2.44 bits per heavy atom. The molecule has 2 N–H and O–H groups in total. The van der Waals surface area contributed by atoms with E-state index in [0.29, 0.717) is 11.7 Å². The molecule has 8 nitrogen and oxygen atoms in total. The lowest BCUT2D eigenvalue weighted by Crippen LogP contribution is -2.18. The van der Waals surface area contributed by atoms with E-state index in [2.05, 4.69) is 25.7 Å². The maximum absolute atomic E-state index is 10.9. The number of carbonyl (C=O) groups is 1. The molecule has 1 fully saturated rings. The smallest absolute Gasteiger partial charge is 0.305 e. The molecule has 1 saturated carbocycles. The zero-order valence-corrected chi connectivity index (χ0v) is 9.52. The van der Waals surface area contributed by atoms with Crippen LogP contribution in [0.5, 0.6) is 0 Å². The Balaban J connectivity index is 1.95. The van der Waals surface area contributed by atoms with Gasteiger partial charge >= 0.3 is 5.97 Å². The summed E-state index contributed by atoms with van der Waals surface area (Å²) in [4.78, 5) is 10.9. The van der Waals surface area contributed by atoms with Crippen molar-refractivity contribution in [3.05, 3.63) is 12.4 Å². The zero-order valence-electron chi connectivity index (χ0n) is 9.52. The molecule has 1 aliphatic rings. The first-order chi connectivity index (χ1) is 8.75. The fourth-order valence-corrected chi connectivity index (χ4v) is 2.09. The zero-order chi connectivity index (χ0) is 12.5. The maximum atomic E-state index is 10.9. The molecule has 2 heterocycles. The van der Waals surface area contributed by atoms with Gasteiger partial charge in [-0.3, -0.25) is 9.89 Å². The van der Waals surface area contributed by atoms with Crippen molar-refractivity contribution in [2.24, 2.45) is 5.92 Å². The number of nitrogens with one attached hydrogen (secondary N) is 1. The fraction of sp³-hybridized carbons (Fsp3) is 0.500.